The first kappa shape index (κ1) is 21.1. The van der Waals surface area contributed by atoms with Crippen molar-refractivity contribution in [2.24, 2.45) is 7.05 Å². The molecule has 2 unspecified atom stereocenters. The van der Waals surface area contributed by atoms with Gasteiger partial charge in [0.25, 0.3) is 5.91 Å². The van der Waals surface area contributed by atoms with Crippen molar-refractivity contribution < 1.29 is 19.0 Å². The Labute approximate surface area is 175 Å². The van der Waals surface area contributed by atoms with E-state index in [4.69, 9.17) is 19.5 Å². The Balaban J connectivity index is 1.77. The lowest BCUT2D eigenvalue weighted by atomic mass is 10.0. The lowest BCUT2D eigenvalue weighted by molar-refractivity contribution is -0.113. The van der Waals surface area contributed by atoms with Crippen LogP contribution in [0.2, 0.25) is 0 Å². The molecule has 8 nitrogen and oxygen atoms in total. The molecule has 0 radical (unpaired) electrons. The highest BCUT2D eigenvalue weighted by Crippen LogP contribution is 2.25. The maximum atomic E-state index is 12.8. The summed E-state index contributed by atoms with van der Waals surface area (Å²) >= 11 is 0. The quantitative estimate of drug-likeness (QED) is 0.721. The van der Waals surface area contributed by atoms with Crippen LogP contribution in [0.25, 0.3) is 0 Å². The second-order valence-electron chi connectivity index (χ2n) is 6.95. The number of ether oxygens (including phenoxy) is 3. The fourth-order valence-corrected chi connectivity index (χ4v) is 3.01. The average molecular weight is 408 g/mol. The lowest BCUT2D eigenvalue weighted by Crippen LogP contribution is -2.26. The molecule has 30 heavy (non-hydrogen) atoms. The number of aryl methyl sites for hydroxylation is 1. The van der Waals surface area contributed by atoms with Crippen LogP contribution in [0.4, 0.5) is 5.82 Å². The van der Waals surface area contributed by atoms with Gasteiger partial charge in [0.1, 0.15) is 23.7 Å². The number of carbonyl (C=O) groups excluding carboxylic acids is 1. The number of nitriles is 1. The molecular formula is C22H24N4O4. The van der Waals surface area contributed by atoms with E-state index in [9.17, 15) is 4.79 Å². The van der Waals surface area contributed by atoms with E-state index in [0.29, 0.717) is 41.5 Å². The number of nitrogens with zero attached hydrogens (tertiary/aromatic N) is 3. The van der Waals surface area contributed by atoms with E-state index >= 15 is 0 Å². The first-order chi connectivity index (χ1) is 14.5. The smallest absolute Gasteiger partial charge is 0.253 e. The van der Waals surface area contributed by atoms with Crippen LogP contribution in [-0.2, 0) is 21.3 Å². The van der Waals surface area contributed by atoms with E-state index < -0.39 is 6.10 Å². The first-order valence-electron chi connectivity index (χ1n) is 9.52. The highest BCUT2D eigenvalue weighted by atomic mass is 16.5. The number of anilines is 1. The first-order valence-corrected chi connectivity index (χ1v) is 9.52. The molecule has 1 aromatic carbocycles. The van der Waals surface area contributed by atoms with Crippen LogP contribution in [0.15, 0.2) is 60.0 Å². The number of carbonyl (C=O) groups is 1. The standard InChI is InChI=1S/C22H24N4O4/c1-15(14-28-3)29-19-10-17(22(27)24-21-8-9-26(2)25-21)11-20(12-19)30-18-6-4-16(13-23)5-7-18/h4-10,12,15,20H,11,14H2,1-3H3,(H,24,25,27). The highest BCUT2D eigenvalue weighted by molar-refractivity contribution is 6.03. The van der Waals surface area contributed by atoms with E-state index in [1.54, 1.807) is 61.4 Å². The fourth-order valence-electron chi connectivity index (χ4n) is 3.01. The Kier molecular flexibility index (Phi) is 6.88. The molecule has 156 valence electrons. The second kappa shape index (κ2) is 9.76. The van der Waals surface area contributed by atoms with E-state index in [0.717, 1.165) is 0 Å². The number of allylic oxidation sites excluding steroid dienone is 1. The number of hydrogen-bond donors (Lipinski definition) is 1. The van der Waals surface area contributed by atoms with Crippen LogP contribution in [0, 0.1) is 11.3 Å². The number of rotatable bonds is 8. The number of amides is 1. The van der Waals surface area contributed by atoms with Crippen LogP contribution in [0.3, 0.4) is 0 Å². The monoisotopic (exact) mass is 408 g/mol. The van der Waals surface area contributed by atoms with Gasteiger partial charge in [0.15, 0.2) is 5.82 Å². The van der Waals surface area contributed by atoms with Crippen LogP contribution < -0.4 is 10.1 Å². The molecule has 3 rings (SSSR count). The van der Waals surface area contributed by atoms with Gasteiger partial charge in [0, 0.05) is 38.4 Å². The maximum Gasteiger partial charge on any atom is 0.253 e. The molecule has 8 heteroatoms. The molecule has 0 bridgehead atoms. The number of nitrogens with one attached hydrogen (secondary N) is 1. The van der Waals surface area contributed by atoms with Crippen molar-refractivity contribution in [1.82, 2.24) is 9.78 Å². The summed E-state index contributed by atoms with van der Waals surface area (Å²) in [6.45, 7) is 2.30. The minimum absolute atomic E-state index is 0.189. The lowest BCUT2D eigenvalue weighted by Gasteiger charge is -2.24. The Morgan fingerprint density at radius 2 is 2.13 bits per heavy atom. The second-order valence-corrected chi connectivity index (χ2v) is 6.95. The zero-order chi connectivity index (χ0) is 21.5. The summed E-state index contributed by atoms with van der Waals surface area (Å²) in [6.07, 6.45) is 5.07. The van der Waals surface area contributed by atoms with Crippen LogP contribution >= 0.6 is 0 Å². The van der Waals surface area contributed by atoms with Gasteiger partial charge in [-0.1, -0.05) is 0 Å². The Hall–Kier alpha value is -3.57. The molecule has 1 aliphatic rings. The molecule has 0 fully saturated rings. The van der Waals surface area contributed by atoms with Crippen LogP contribution in [0.5, 0.6) is 5.75 Å². The zero-order valence-electron chi connectivity index (χ0n) is 17.2. The van der Waals surface area contributed by atoms with Gasteiger partial charge in [-0.3, -0.25) is 9.48 Å². The van der Waals surface area contributed by atoms with Crippen molar-refractivity contribution in [2.75, 3.05) is 19.0 Å². The number of aromatic nitrogens is 2. The molecule has 1 amide bonds. The van der Waals surface area contributed by atoms with E-state index in [2.05, 4.69) is 16.5 Å². The van der Waals surface area contributed by atoms with Gasteiger partial charge in [-0.15, -0.1) is 0 Å². The van der Waals surface area contributed by atoms with Crippen molar-refractivity contribution in [1.29, 1.82) is 5.26 Å². The van der Waals surface area contributed by atoms with Gasteiger partial charge < -0.3 is 19.5 Å². The van der Waals surface area contributed by atoms with Crippen molar-refractivity contribution >= 4 is 11.7 Å². The molecule has 2 atom stereocenters. The van der Waals surface area contributed by atoms with Crippen molar-refractivity contribution in [2.45, 2.75) is 25.6 Å². The van der Waals surface area contributed by atoms with Gasteiger partial charge >= 0.3 is 0 Å². The summed E-state index contributed by atoms with van der Waals surface area (Å²) < 4.78 is 18.7. The van der Waals surface area contributed by atoms with Crippen molar-refractivity contribution in [3.05, 3.63) is 65.6 Å². The van der Waals surface area contributed by atoms with Crippen molar-refractivity contribution in [3.63, 3.8) is 0 Å². The number of hydrogen-bond acceptors (Lipinski definition) is 6. The van der Waals surface area contributed by atoms with E-state index in [-0.39, 0.29) is 12.0 Å². The van der Waals surface area contributed by atoms with Gasteiger partial charge in [0.2, 0.25) is 0 Å². The fraction of sp³-hybridized carbons (Fsp3) is 0.318. The number of methoxy groups -OCH3 is 1. The SMILES string of the molecule is COCC(C)OC1=CC(Oc2ccc(C#N)cc2)CC(C(=O)Nc2ccn(C)n2)=C1. The largest absolute Gasteiger partial charge is 0.489 e. The summed E-state index contributed by atoms with van der Waals surface area (Å²) in [5, 5.41) is 15.9. The third-order valence-corrected chi connectivity index (χ3v) is 4.34. The minimum Gasteiger partial charge on any atom is -0.489 e. The summed E-state index contributed by atoms with van der Waals surface area (Å²) in [5.41, 5.74) is 1.07. The molecule has 0 saturated heterocycles. The van der Waals surface area contributed by atoms with Gasteiger partial charge in [0.05, 0.1) is 18.2 Å². The summed E-state index contributed by atoms with van der Waals surface area (Å²) in [5.74, 6) is 1.34. The summed E-state index contributed by atoms with van der Waals surface area (Å²) in [6, 6.07) is 10.6. The third-order valence-electron chi connectivity index (χ3n) is 4.34. The summed E-state index contributed by atoms with van der Waals surface area (Å²) in [7, 11) is 3.39. The predicted molar refractivity (Wildman–Crippen MR) is 111 cm³/mol. The molecule has 1 N–H and O–H groups in total. The zero-order valence-corrected chi connectivity index (χ0v) is 17.2. The number of benzene rings is 1. The molecule has 0 saturated carbocycles. The molecular weight excluding hydrogens is 384 g/mol. The molecule has 1 aliphatic carbocycles. The normalized spacial score (nSPS) is 16.7. The van der Waals surface area contributed by atoms with Crippen LogP contribution in [-0.4, -0.2) is 41.6 Å². The third kappa shape index (κ3) is 5.72. The Morgan fingerprint density at radius 3 is 2.77 bits per heavy atom. The van der Waals surface area contributed by atoms with Gasteiger partial charge in [-0.25, -0.2) is 0 Å². The molecule has 1 heterocycles. The minimum atomic E-state index is -0.405. The molecule has 2 aromatic rings. The van der Waals surface area contributed by atoms with Gasteiger partial charge in [-0.2, -0.15) is 10.4 Å². The predicted octanol–water partition coefficient (Wildman–Crippen LogP) is 2.94. The Morgan fingerprint density at radius 1 is 1.37 bits per heavy atom. The topological polar surface area (TPSA) is 98.4 Å². The molecule has 1 aromatic heterocycles. The molecule has 0 spiro atoms. The van der Waals surface area contributed by atoms with Crippen LogP contribution in [0.1, 0.15) is 18.9 Å². The van der Waals surface area contributed by atoms with Gasteiger partial charge in [-0.05, 0) is 43.3 Å². The van der Waals surface area contributed by atoms with E-state index in [1.807, 2.05) is 13.0 Å². The van der Waals surface area contributed by atoms with E-state index in [1.165, 1.54) is 0 Å². The average Bonchev–Trinajstić information content (AvgIpc) is 3.13. The van der Waals surface area contributed by atoms with Crippen molar-refractivity contribution in [3.8, 4) is 11.8 Å². The Bertz CT molecular complexity index is 985. The summed E-state index contributed by atoms with van der Waals surface area (Å²) in [4.78, 5) is 12.8. The molecule has 0 aliphatic heterocycles. The highest BCUT2D eigenvalue weighted by Gasteiger charge is 2.24. The maximum absolute atomic E-state index is 12.8.